The highest BCUT2D eigenvalue weighted by Crippen LogP contribution is 2.67. The van der Waals surface area contributed by atoms with Gasteiger partial charge in [0.1, 0.15) is 26.3 Å². The van der Waals surface area contributed by atoms with Crippen LogP contribution in [-0.2, 0) is 21.7 Å². The molecule has 2 saturated heterocycles. The molecule has 35 heavy (non-hydrogen) atoms. The summed E-state index contributed by atoms with van der Waals surface area (Å²) in [4.78, 5) is 34.1. The fourth-order valence-corrected chi connectivity index (χ4v) is 8.04. The second kappa shape index (κ2) is 7.71. The fraction of sp³-hybridized carbons (Fsp3) is 0.320. The third-order valence-corrected chi connectivity index (χ3v) is 9.38. The third kappa shape index (κ3) is 2.70. The Labute approximate surface area is 211 Å². The second-order valence-corrected chi connectivity index (χ2v) is 10.9. The van der Waals surface area contributed by atoms with Crippen LogP contribution in [0.15, 0.2) is 63.8 Å². The van der Waals surface area contributed by atoms with Gasteiger partial charge in [-0.05, 0) is 49.5 Å². The standard InChI is InChI=1S/C25H23N3O5S2/c1-26-14-18(20-7-5-11-33-20)25(22(30)28(23(34)35-25)13-16-6-4-10-32-16)24(26)17-12-15(31-3)8-9-19(17)27(2)21(24)29/h4-12,18H,13-14H2,1-3H3/t18-,24-,25-/m1/s1. The lowest BCUT2D eigenvalue weighted by Gasteiger charge is -2.41. The maximum Gasteiger partial charge on any atom is 0.254 e. The molecule has 0 saturated carbocycles. The molecule has 0 aliphatic carbocycles. The van der Waals surface area contributed by atoms with Crippen molar-refractivity contribution in [3.8, 4) is 5.75 Å². The quantitative estimate of drug-likeness (QED) is 0.494. The molecule has 3 aromatic rings. The summed E-state index contributed by atoms with van der Waals surface area (Å²) in [5.41, 5.74) is 0.155. The van der Waals surface area contributed by atoms with Gasteiger partial charge in [-0.15, -0.1) is 0 Å². The number of benzene rings is 1. The first-order valence-corrected chi connectivity index (χ1v) is 12.4. The number of furan rings is 2. The molecule has 5 heterocycles. The van der Waals surface area contributed by atoms with Crippen LogP contribution in [-0.4, -0.2) is 58.4 Å². The molecule has 6 rings (SSSR count). The number of thioether (sulfide) groups is 1. The summed E-state index contributed by atoms with van der Waals surface area (Å²) in [5, 5.41) is 0. The summed E-state index contributed by atoms with van der Waals surface area (Å²) in [5.74, 6) is 1.04. The molecule has 0 bridgehead atoms. The van der Waals surface area contributed by atoms with Gasteiger partial charge in [-0.25, -0.2) is 0 Å². The van der Waals surface area contributed by atoms with E-state index in [4.69, 9.17) is 25.8 Å². The van der Waals surface area contributed by atoms with Crippen LogP contribution >= 0.6 is 24.0 Å². The van der Waals surface area contributed by atoms with Gasteiger partial charge in [-0.3, -0.25) is 19.4 Å². The SMILES string of the molecule is COc1ccc2c(c1)[C@]1(C(=O)N2C)N(C)C[C@H](c2ccco2)[C@]12SC(=S)N(Cc1ccco1)C2=O. The smallest absolute Gasteiger partial charge is 0.254 e. The van der Waals surface area contributed by atoms with E-state index in [9.17, 15) is 9.59 Å². The number of likely N-dealkylation sites (tertiary alicyclic amines) is 1. The van der Waals surface area contributed by atoms with Crippen LogP contribution in [0.2, 0.25) is 0 Å². The second-order valence-electron chi connectivity index (χ2n) is 8.98. The van der Waals surface area contributed by atoms with Crippen molar-refractivity contribution in [1.29, 1.82) is 0 Å². The van der Waals surface area contributed by atoms with Crippen molar-refractivity contribution >= 4 is 45.8 Å². The Balaban J connectivity index is 1.61. The average Bonchev–Trinajstić information content (AvgIpc) is 3.66. The summed E-state index contributed by atoms with van der Waals surface area (Å²) in [6.07, 6.45) is 3.16. The molecule has 180 valence electrons. The zero-order valence-corrected chi connectivity index (χ0v) is 21.0. The number of thiocarbonyl (C=S) groups is 1. The number of carbonyl (C=O) groups excluding carboxylic acids is 2. The Morgan fingerprint density at radius 3 is 2.57 bits per heavy atom. The average molecular weight is 510 g/mol. The molecule has 10 heteroatoms. The van der Waals surface area contributed by atoms with Crippen LogP contribution in [0.4, 0.5) is 5.69 Å². The molecule has 3 atom stereocenters. The molecule has 2 amide bonds. The number of ether oxygens (including phenoxy) is 1. The minimum Gasteiger partial charge on any atom is -0.497 e. The minimum absolute atomic E-state index is 0.180. The van der Waals surface area contributed by atoms with Crippen molar-refractivity contribution in [2.45, 2.75) is 22.7 Å². The van der Waals surface area contributed by atoms with Crippen molar-refractivity contribution in [3.63, 3.8) is 0 Å². The van der Waals surface area contributed by atoms with Gasteiger partial charge in [-0.1, -0.05) is 24.0 Å². The lowest BCUT2D eigenvalue weighted by molar-refractivity contribution is -0.139. The molecule has 0 unspecified atom stereocenters. The maximum absolute atomic E-state index is 14.6. The third-order valence-electron chi connectivity index (χ3n) is 7.44. The molecule has 2 spiro atoms. The van der Waals surface area contributed by atoms with E-state index in [0.717, 1.165) is 11.3 Å². The minimum atomic E-state index is -1.31. The molecular formula is C25H23N3O5S2. The molecule has 0 N–H and O–H groups in total. The van der Waals surface area contributed by atoms with Gasteiger partial charge in [0.05, 0.1) is 32.1 Å². The van der Waals surface area contributed by atoms with Crippen LogP contribution < -0.4 is 9.64 Å². The van der Waals surface area contributed by atoms with E-state index in [1.165, 1.54) is 11.8 Å². The highest BCUT2D eigenvalue weighted by Gasteiger charge is 2.79. The molecular weight excluding hydrogens is 486 g/mol. The Morgan fingerprint density at radius 2 is 1.89 bits per heavy atom. The largest absolute Gasteiger partial charge is 0.497 e. The van der Waals surface area contributed by atoms with Gasteiger partial charge in [-0.2, -0.15) is 0 Å². The number of likely N-dealkylation sites (N-methyl/N-ethyl adjacent to an activating group) is 2. The van der Waals surface area contributed by atoms with Gasteiger partial charge >= 0.3 is 0 Å². The number of carbonyl (C=O) groups is 2. The number of hydrogen-bond acceptors (Lipinski definition) is 8. The van der Waals surface area contributed by atoms with Crippen LogP contribution in [0.5, 0.6) is 5.75 Å². The summed E-state index contributed by atoms with van der Waals surface area (Å²) >= 11 is 7.06. The fourth-order valence-electron chi connectivity index (χ4n) is 5.94. The highest BCUT2D eigenvalue weighted by molar-refractivity contribution is 8.25. The lowest BCUT2D eigenvalue weighted by atomic mass is 9.73. The van der Waals surface area contributed by atoms with E-state index in [0.29, 0.717) is 28.1 Å². The van der Waals surface area contributed by atoms with Crippen molar-refractivity contribution in [2.75, 3.05) is 32.6 Å². The first-order chi connectivity index (χ1) is 16.9. The van der Waals surface area contributed by atoms with E-state index in [2.05, 4.69) is 0 Å². The number of nitrogens with zero attached hydrogens (tertiary/aromatic N) is 3. The maximum atomic E-state index is 14.6. The van der Waals surface area contributed by atoms with E-state index in [-0.39, 0.29) is 18.4 Å². The molecule has 8 nitrogen and oxygen atoms in total. The Hall–Kier alpha value is -3.08. The van der Waals surface area contributed by atoms with Gasteiger partial charge in [0.25, 0.3) is 5.91 Å². The number of hydrogen-bond donors (Lipinski definition) is 0. The Kier molecular flexibility index (Phi) is 4.93. The number of amides is 2. The molecule has 3 aliphatic rings. The predicted octanol–water partition coefficient (Wildman–Crippen LogP) is 3.58. The highest BCUT2D eigenvalue weighted by atomic mass is 32.2. The summed E-state index contributed by atoms with van der Waals surface area (Å²) in [7, 11) is 5.22. The van der Waals surface area contributed by atoms with Crippen LogP contribution in [0.3, 0.4) is 0 Å². The van der Waals surface area contributed by atoms with E-state index >= 15 is 0 Å². The van der Waals surface area contributed by atoms with Crippen molar-refractivity contribution in [1.82, 2.24) is 9.80 Å². The van der Waals surface area contributed by atoms with E-state index in [1.807, 2.05) is 36.2 Å². The zero-order valence-electron chi connectivity index (χ0n) is 19.4. The number of anilines is 1. The molecule has 0 radical (unpaired) electrons. The summed E-state index contributed by atoms with van der Waals surface area (Å²) < 4.78 is 16.0. The van der Waals surface area contributed by atoms with Crippen LogP contribution in [0.1, 0.15) is 23.0 Å². The molecule has 2 fully saturated rings. The number of fused-ring (bicyclic) bond motifs is 3. The molecule has 3 aliphatic heterocycles. The van der Waals surface area contributed by atoms with E-state index in [1.54, 1.807) is 54.7 Å². The van der Waals surface area contributed by atoms with Crippen molar-refractivity contribution in [3.05, 3.63) is 72.1 Å². The van der Waals surface area contributed by atoms with Gasteiger partial charge in [0.2, 0.25) is 5.91 Å². The van der Waals surface area contributed by atoms with E-state index < -0.39 is 16.2 Å². The number of methoxy groups -OCH3 is 1. The Morgan fingerprint density at radius 1 is 1.11 bits per heavy atom. The lowest BCUT2D eigenvalue weighted by Crippen LogP contribution is -2.62. The van der Waals surface area contributed by atoms with Crippen LogP contribution in [0.25, 0.3) is 0 Å². The predicted molar refractivity (Wildman–Crippen MR) is 134 cm³/mol. The van der Waals surface area contributed by atoms with Crippen molar-refractivity contribution in [2.24, 2.45) is 0 Å². The monoisotopic (exact) mass is 509 g/mol. The summed E-state index contributed by atoms with van der Waals surface area (Å²) in [6.45, 7) is 0.624. The first-order valence-electron chi connectivity index (χ1n) is 11.1. The topological polar surface area (TPSA) is 79.4 Å². The normalized spacial score (nSPS) is 28.2. The molecule has 1 aromatic carbocycles. The number of rotatable bonds is 4. The van der Waals surface area contributed by atoms with Gasteiger partial charge in [0, 0.05) is 24.8 Å². The first kappa shape index (κ1) is 22.4. The zero-order chi connectivity index (χ0) is 24.5. The summed E-state index contributed by atoms with van der Waals surface area (Å²) in [6, 6.07) is 12.8. The molecule has 2 aromatic heterocycles. The van der Waals surface area contributed by atoms with Crippen molar-refractivity contribution < 1.29 is 23.2 Å². The van der Waals surface area contributed by atoms with Gasteiger partial charge < -0.3 is 18.5 Å². The van der Waals surface area contributed by atoms with Crippen LogP contribution in [0, 0.1) is 0 Å². The Bertz CT molecular complexity index is 1340. The van der Waals surface area contributed by atoms with Gasteiger partial charge in [0.15, 0.2) is 5.54 Å².